The number of hydrogen-bond donors (Lipinski definition) is 1. The first-order chi connectivity index (χ1) is 11.2. The standard InChI is InChI=1S/C15H20N4O2S2/c1-3-16-14-17-18-15(23-14)22-9-13(20)19(11-5-6-11)8-12-7-4-10(2)21-12/h4,7,11H,3,5-6,8-9H2,1-2H3,(H,16,17). The molecule has 1 N–H and O–H groups in total. The molecule has 0 atom stereocenters. The Kier molecular flexibility index (Phi) is 5.22. The first-order valence-electron chi connectivity index (χ1n) is 7.70. The molecule has 0 spiro atoms. The van der Waals surface area contributed by atoms with E-state index >= 15 is 0 Å². The quantitative estimate of drug-likeness (QED) is 0.736. The summed E-state index contributed by atoms with van der Waals surface area (Å²) in [4.78, 5) is 14.5. The number of furan rings is 1. The molecular weight excluding hydrogens is 332 g/mol. The van der Waals surface area contributed by atoms with Crippen molar-refractivity contribution in [2.24, 2.45) is 0 Å². The first-order valence-corrected chi connectivity index (χ1v) is 9.51. The second kappa shape index (κ2) is 7.35. The lowest BCUT2D eigenvalue weighted by atomic mass is 10.3. The van der Waals surface area contributed by atoms with E-state index in [4.69, 9.17) is 4.42 Å². The van der Waals surface area contributed by atoms with Crippen LogP contribution in [0.1, 0.15) is 31.3 Å². The molecule has 1 amide bonds. The van der Waals surface area contributed by atoms with Gasteiger partial charge >= 0.3 is 0 Å². The number of nitrogens with one attached hydrogen (secondary N) is 1. The first kappa shape index (κ1) is 16.3. The van der Waals surface area contributed by atoms with E-state index in [-0.39, 0.29) is 5.91 Å². The molecule has 1 aliphatic rings. The summed E-state index contributed by atoms with van der Waals surface area (Å²) >= 11 is 2.93. The van der Waals surface area contributed by atoms with Gasteiger partial charge in [-0.15, -0.1) is 10.2 Å². The van der Waals surface area contributed by atoms with Crippen LogP contribution in [0.3, 0.4) is 0 Å². The van der Waals surface area contributed by atoms with E-state index in [2.05, 4.69) is 15.5 Å². The van der Waals surface area contributed by atoms with Crippen molar-refractivity contribution in [2.45, 2.75) is 43.6 Å². The van der Waals surface area contributed by atoms with Gasteiger partial charge in [0.25, 0.3) is 0 Å². The summed E-state index contributed by atoms with van der Waals surface area (Å²) in [7, 11) is 0. The molecule has 2 aromatic heterocycles. The van der Waals surface area contributed by atoms with Crippen LogP contribution in [0.4, 0.5) is 5.13 Å². The van der Waals surface area contributed by atoms with Crippen LogP contribution < -0.4 is 5.32 Å². The molecule has 1 saturated carbocycles. The summed E-state index contributed by atoms with van der Waals surface area (Å²) < 4.78 is 6.42. The molecule has 1 aliphatic carbocycles. The molecule has 0 bridgehead atoms. The molecule has 124 valence electrons. The van der Waals surface area contributed by atoms with E-state index in [0.29, 0.717) is 18.3 Å². The Bertz CT molecular complexity index is 666. The van der Waals surface area contributed by atoms with Gasteiger partial charge in [0.1, 0.15) is 11.5 Å². The zero-order chi connectivity index (χ0) is 16.2. The summed E-state index contributed by atoms with van der Waals surface area (Å²) in [6.45, 7) is 5.30. The van der Waals surface area contributed by atoms with Crippen molar-refractivity contribution in [3.05, 3.63) is 23.7 Å². The number of thioether (sulfide) groups is 1. The maximum absolute atomic E-state index is 12.5. The molecular formula is C15H20N4O2S2. The van der Waals surface area contributed by atoms with Gasteiger partial charge in [-0.1, -0.05) is 23.1 Å². The highest BCUT2D eigenvalue weighted by molar-refractivity contribution is 8.01. The Morgan fingerprint density at radius 1 is 1.48 bits per heavy atom. The van der Waals surface area contributed by atoms with Crippen LogP contribution in [0.15, 0.2) is 20.9 Å². The predicted octanol–water partition coefficient (Wildman–Crippen LogP) is 3.15. The lowest BCUT2D eigenvalue weighted by molar-refractivity contribution is -0.129. The minimum Gasteiger partial charge on any atom is -0.464 e. The van der Waals surface area contributed by atoms with E-state index in [1.807, 2.05) is 30.9 Å². The van der Waals surface area contributed by atoms with Crippen LogP contribution in [-0.4, -0.2) is 39.3 Å². The molecule has 0 unspecified atom stereocenters. The zero-order valence-corrected chi connectivity index (χ0v) is 14.9. The average molecular weight is 352 g/mol. The van der Waals surface area contributed by atoms with E-state index in [0.717, 1.165) is 40.4 Å². The number of carbonyl (C=O) groups is 1. The summed E-state index contributed by atoms with van der Waals surface area (Å²) in [6.07, 6.45) is 2.17. The van der Waals surface area contributed by atoms with Crippen molar-refractivity contribution in [1.29, 1.82) is 0 Å². The van der Waals surface area contributed by atoms with Gasteiger partial charge < -0.3 is 14.6 Å². The SMILES string of the molecule is CCNc1nnc(SCC(=O)N(Cc2ccc(C)o2)C2CC2)s1. The highest BCUT2D eigenvalue weighted by Gasteiger charge is 2.33. The fourth-order valence-corrected chi connectivity index (χ4v) is 3.95. The van der Waals surface area contributed by atoms with Gasteiger partial charge in [-0.3, -0.25) is 4.79 Å². The Balaban J connectivity index is 1.55. The third kappa shape index (κ3) is 4.48. The summed E-state index contributed by atoms with van der Waals surface area (Å²) in [5, 5.41) is 12.1. The summed E-state index contributed by atoms with van der Waals surface area (Å²) in [6, 6.07) is 4.24. The third-order valence-corrected chi connectivity index (χ3v) is 5.48. The Morgan fingerprint density at radius 2 is 2.30 bits per heavy atom. The van der Waals surface area contributed by atoms with Crippen molar-refractivity contribution in [1.82, 2.24) is 15.1 Å². The fourth-order valence-electron chi connectivity index (χ4n) is 2.24. The monoisotopic (exact) mass is 352 g/mol. The van der Waals surface area contributed by atoms with Crippen molar-refractivity contribution in [3.8, 4) is 0 Å². The molecule has 0 saturated heterocycles. The smallest absolute Gasteiger partial charge is 0.233 e. The minimum atomic E-state index is 0.131. The topological polar surface area (TPSA) is 71.3 Å². The van der Waals surface area contributed by atoms with Gasteiger partial charge in [0.2, 0.25) is 11.0 Å². The molecule has 1 fully saturated rings. The number of hydrogen-bond acceptors (Lipinski definition) is 7. The van der Waals surface area contributed by atoms with Crippen LogP contribution in [0.25, 0.3) is 0 Å². The Hall–Kier alpha value is -1.54. The number of carbonyl (C=O) groups excluding carboxylic acids is 1. The van der Waals surface area contributed by atoms with Gasteiger partial charge in [-0.05, 0) is 38.8 Å². The van der Waals surface area contributed by atoms with Crippen LogP contribution in [-0.2, 0) is 11.3 Å². The lowest BCUT2D eigenvalue weighted by Crippen LogP contribution is -2.33. The van der Waals surface area contributed by atoms with Crippen molar-refractivity contribution in [2.75, 3.05) is 17.6 Å². The number of amides is 1. The average Bonchev–Trinajstić information content (AvgIpc) is 3.14. The number of anilines is 1. The summed E-state index contributed by atoms with van der Waals surface area (Å²) in [5.41, 5.74) is 0. The van der Waals surface area contributed by atoms with Crippen molar-refractivity contribution < 1.29 is 9.21 Å². The second-order valence-corrected chi connectivity index (χ2v) is 7.66. The van der Waals surface area contributed by atoms with E-state index in [1.54, 1.807) is 0 Å². The van der Waals surface area contributed by atoms with E-state index < -0.39 is 0 Å². The van der Waals surface area contributed by atoms with Gasteiger partial charge in [-0.2, -0.15) is 0 Å². The molecule has 8 heteroatoms. The third-order valence-electron chi connectivity index (χ3n) is 3.48. The van der Waals surface area contributed by atoms with Gasteiger partial charge in [0.15, 0.2) is 4.34 Å². The summed E-state index contributed by atoms with van der Waals surface area (Å²) in [5.74, 6) is 2.24. The lowest BCUT2D eigenvalue weighted by Gasteiger charge is -2.20. The molecule has 23 heavy (non-hydrogen) atoms. The van der Waals surface area contributed by atoms with Gasteiger partial charge in [0.05, 0.1) is 12.3 Å². The van der Waals surface area contributed by atoms with Crippen molar-refractivity contribution in [3.63, 3.8) is 0 Å². The highest BCUT2D eigenvalue weighted by atomic mass is 32.2. The Morgan fingerprint density at radius 3 is 2.96 bits per heavy atom. The van der Waals surface area contributed by atoms with Crippen LogP contribution in [0.2, 0.25) is 0 Å². The van der Waals surface area contributed by atoms with Crippen LogP contribution in [0, 0.1) is 6.92 Å². The van der Waals surface area contributed by atoms with E-state index in [9.17, 15) is 4.79 Å². The molecule has 3 rings (SSSR count). The molecule has 6 nitrogen and oxygen atoms in total. The Labute approximate surface area is 143 Å². The largest absolute Gasteiger partial charge is 0.464 e. The second-order valence-electron chi connectivity index (χ2n) is 5.46. The predicted molar refractivity (Wildman–Crippen MR) is 91.8 cm³/mol. The fraction of sp³-hybridized carbons (Fsp3) is 0.533. The zero-order valence-electron chi connectivity index (χ0n) is 13.2. The van der Waals surface area contributed by atoms with Crippen molar-refractivity contribution >= 4 is 34.1 Å². The van der Waals surface area contributed by atoms with Crippen LogP contribution >= 0.6 is 23.1 Å². The number of nitrogens with zero attached hydrogens (tertiary/aromatic N) is 3. The maximum Gasteiger partial charge on any atom is 0.233 e. The van der Waals surface area contributed by atoms with Crippen LogP contribution in [0.5, 0.6) is 0 Å². The molecule has 2 heterocycles. The maximum atomic E-state index is 12.5. The van der Waals surface area contributed by atoms with E-state index in [1.165, 1.54) is 23.1 Å². The molecule has 0 aromatic carbocycles. The molecule has 0 radical (unpaired) electrons. The van der Waals surface area contributed by atoms with Gasteiger partial charge in [-0.25, -0.2) is 0 Å². The van der Waals surface area contributed by atoms with Gasteiger partial charge in [0, 0.05) is 12.6 Å². The highest BCUT2D eigenvalue weighted by Crippen LogP contribution is 2.31. The normalized spacial score (nSPS) is 14.0. The minimum absolute atomic E-state index is 0.131. The number of aryl methyl sites for hydroxylation is 1. The molecule has 2 aromatic rings. The molecule has 0 aliphatic heterocycles. The number of aromatic nitrogens is 2. The number of rotatable bonds is 8.